The summed E-state index contributed by atoms with van der Waals surface area (Å²) in [7, 11) is 0. The number of hydrogen-bond acceptors (Lipinski definition) is 6. The fraction of sp³-hybridized carbons (Fsp3) is 0.588. The minimum absolute atomic E-state index is 0.106. The molecule has 1 unspecified atom stereocenters. The summed E-state index contributed by atoms with van der Waals surface area (Å²) in [6.45, 7) is 6.79. The Morgan fingerprint density at radius 1 is 1.32 bits per heavy atom. The zero-order valence-corrected chi connectivity index (χ0v) is 14.8. The van der Waals surface area contributed by atoms with E-state index in [1.165, 1.54) is 0 Å². The Bertz CT molecular complexity index is 800. The molecule has 0 radical (unpaired) electrons. The lowest BCUT2D eigenvalue weighted by Crippen LogP contribution is -2.39. The first kappa shape index (κ1) is 17.3. The molecule has 0 aliphatic carbocycles. The van der Waals surface area contributed by atoms with E-state index in [-0.39, 0.29) is 17.5 Å². The molecule has 1 aliphatic rings. The van der Waals surface area contributed by atoms with Crippen LogP contribution in [-0.4, -0.2) is 44.0 Å². The van der Waals surface area contributed by atoms with Crippen molar-refractivity contribution in [1.82, 2.24) is 25.0 Å². The summed E-state index contributed by atoms with van der Waals surface area (Å²) >= 11 is 0. The van der Waals surface area contributed by atoms with Gasteiger partial charge < -0.3 is 14.4 Å². The van der Waals surface area contributed by atoms with Gasteiger partial charge in [0.15, 0.2) is 5.82 Å². The minimum Gasteiger partial charge on any atom is -0.342 e. The fourth-order valence-corrected chi connectivity index (χ4v) is 3.41. The molecule has 1 aliphatic heterocycles. The normalized spacial score (nSPS) is 17.7. The van der Waals surface area contributed by atoms with Gasteiger partial charge in [0.1, 0.15) is 0 Å². The first-order valence-electron chi connectivity index (χ1n) is 8.58. The van der Waals surface area contributed by atoms with Crippen LogP contribution in [0, 0.1) is 20.8 Å². The van der Waals surface area contributed by atoms with Crippen LogP contribution < -0.4 is 5.69 Å². The van der Waals surface area contributed by atoms with Crippen LogP contribution >= 0.6 is 0 Å². The van der Waals surface area contributed by atoms with Gasteiger partial charge in [-0.05, 0) is 38.7 Å². The fourth-order valence-electron chi connectivity index (χ4n) is 3.41. The second-order valence-electron chi connectivity index (χ2n) is 6.58. The first-order valence-corrected chi connectivity index (χ1v) is 8.58. The zero-order valence-electron chi connectivity index (χ0n) is 14.8. The van der Waals surface area contributed by atoms with E-state index >= 15 is 0 Å². The number of aromatic nitrogens is 4. The van der Waals surface area contributed by atoms with Crippen molar-refractivity contribution >= 4 is 5.91 Å². The molecule has 0 spiro atoms. The van der Waals surface area contributed by atoms with Gasteiger partial charge in [-0.25, -0.2) is 4.79 Å². The summed E-state index contributed by atoms with van der Waals surface area (Å²) in [5.74, 6) is 1.48. The number of carbonyl (C=O) groups excluding carboxylic acids is 1. The molecule has 1 saturated heterocycles. The Morgan fingerprint density at radius 3 is 2.80 bits per heavy atom. The number of nitrogens with one attached hydrogen (secondary N) is 1. The van der Waals surface area contributed by atoms with Gasteiger partial charge in [-0.3, -0.25) is 4.79 Å². The highest BCUT2D eigenvalue weighted by molar-refractivity contribution is 5.76. The van der Waals surface area contributed by atoms with Gasteiger partial charge in [0.2, 0.25) is 11.8 Å². The van der Waals surface area contributed by atoms with Crippen molar-refractivity contribution < 1.29 is 9.32 Å². The van der Waals surface area contributed by atoms with Crippen LogP contribution in [0.3, 0.4) is 0 Å². The number of carbonyl (C=O) groups is 1. The molecule has 8 nitrogen and oxygen atoms in total. The molecule has 3 rings (SSSR count). The molecule has 1 amide bonds. The largest absolute Gasteiger partial charge is 0.345 e. The Labute approximate surface area is 145 Å². The van der Waals surface area contributed by atoms with Crippen LogP contribution in [0.25, 0.3) is 0 Å². The van der Waals surface area contributed by atoms with Crippen molar-refractivity contribution in [3.63, 3.8) is 0 Å². The molecule has 2 aromatic rings. The van der Waals surface area contributed by atoms with Crippen LogP contribution in [0.15, 0.2) is 9.32 Å². The minimum atomic E-state index is -0.348. The second kappa shape index (κ2) is 7.16. The maximum Gasteiger partial charge on any atom is 0.345 e. The maximum atomic E-state index is 12.6. The predicted molar refractivity (Wildman–Crippen MR) is 90.2 cm³/mol. The van der Waals surface area contributed by atoms with Gasteiger partial charge >= 0.3 is 5.69 Å². The van der Waals surface area contributed by atoms with Gasteiger partial charge in [0.05, 0.1) is 0 Å². The lowest BCUT2D eigenvalue weighted by atomic mass is 9.96. The molecule has 0 aromatic carbocycles. The van der Waals surface area contributed by atoms with Crippen molar-refractivity contribution in [2.75, 3.05) is 13.1 Å². The number of aromatic amines is 1. The molecule has 134 valence electrons. The number of hydrogen-bond donors (Lipinski definition) is 1. The van der Waals surface area contributed by atoms with Gasteiger partial charge in [-0.15, -0.1) is 0 Å². The van der Waals surface area contributed by atoms with Crippen LogP contribution in [0.1, 0.15) is 53.8 Å². The molecule has 1 atom stereocenters. The summed E-state index contributed by atoms with van der Waals surface area (Å²) in [4.78, 5) is 36.8. The summed E-state index contributed by atoms with van der Waals surface area (Å²) in [5, 5.41) is 3.99. The highest BCUT2D eigenvalue weighted by Crippen LogP contribution is 2.25. The van der Waals surface area contributed by atoms with E-state index in [0.29, 0.717) is 36.8 Å². The first-order chi connectivity index (χ1) is 11.9. The Hall–Kier alpha value is -2.51. The number of piperidine rings is 1. The molecule has 1 N–H and O–H groups in total. The second-order valence-corrected chi connectivity index (χ2v) is 6.58. The smallest absolute Gasteiger partial charge is 0.342 e. The van der Waals surface area contributed by atoms with E-state index < -0.39 is 0 Å². The number of H-pyrrole nitrogens is 1. The summed E-state index contributed by atoms with van der Waals surface area (Å²) in [6, 6.07) is 0. The molecule has 8 heteroatoms. The third-order valence-corrected chi connectivity index (χ3v) is 4.72. The van der Waals surface area contributed by atoms with E-state index in [0.717, 1.165) is 30.6 Å². The SMILES string of the molecule is Cc1nc(C2CCCN(C(=O)CCc3c(C)nc(=O)[nH]c3C)C2)no1. The van der Waals surface area contributed by atoms with Crippen molar-refractivity contribution in [1.29, 1.82) is 0 Å². The van der Waals surface area contributed by atoms with Crippen LogP contribution in [0.5, 0.6) is 0 Å². The number of aryl methyl sites for hydroxylation is 3. The highest BCUT2D eigenvalue weighted by atomic mass is 16.5. The molecule has 1 fully saturated rings. The lowest BCUT2D eigenvalue weighted by Gasteiger charge is -2.31. The summed E-state index contributed by atoms with van der Waals surface area (Å²) < 4.78 is 5.05. The topological polar surface area (TPSA) is 105 Å². The third-order valence-electron chi connectivity index (χ3n) is 4.72. The maximum absolute atomic E-state index is 12.6. The average Bonchev–Trinajstić information content (AvgIpc) is 3.00. The van der Waals surface area contributed by atoms with Crippen molar-refractivity contribution in [2.24, 2.45) is 0 Å². The number of amides is 1. The Balaban J connectivity index is 1.62. The van der Waals surface area contributed by atoms with Crippen molar-refractivity contribution in [3.8, 4) is 0 Å². The quantitative estimate of drug-likeness (QED) is 0.898. The van der Waals surface area contributed by atoms with E-state index in [9.17, 15) is 9.59 Å². The van der Waals surface area contributed by atoms with Gasteiger partial charge in [-0.2, -0.15) is 9.97 Å². The third kappa shape index (κ3) is 3.94. The van der Waals surface area contributed by atoms with E-state index in [1.807, 2.05) is 11.8 Å². The predicted octanol–water partition coefficient (Wildman–Crippen LogP) is 1.42. The highest BCUT2D eigenvalue weighted by Gasteiger charge is 2.27. The van der Waals surface area contributed by atoms with Crippen LogP contribution in [0.4, 0.5) is 0 Å². The average molecular weight is 345 g/mol. The summed E-state index contributed by atoms with van der Waals surface area (Å²) in [5.41, 5.74) is 2.06. The van der Waals surface area contributed by atoms with Gasteiger partial charge in [-0.1, -0.05) is 5.16 Å². The Morgan fingerprint density at radius 2 is 2.12 bits per heavy atom. The summed E-state index contributed by atoms with van der Waals surface area (Å²) in [6.07, 6.45) is 2.86. The lowest BCUT2D eigenvalue weighted by molar-refractivity contribution is -0.132. The van der Waals surface area contributed by atoms with Crippen molar-refractivity contribution in [2.45, 2.75) is 52.4 Å². The standard InChI is InChI=1S/C17H23N5O3/c1-10-14(11(2)19-17(24)18-10)6-7-15(23)22-8-4-5-13(9-22)16-20-12(3)25-21-16/h13H,4-9H2,1-3H3,(H,18,19,24). The van der Waals surface area contributed by atoms with Gasteiger partial charge in [0.25, 0.3) is 0 Å². The van der Waals surface area contributed by atoms with Crippen LogP contribution in [-0.2, 0) is 11.2 Å². The Kier molecular flexibility index (Phi) is 4.96. The number of nitrogens with zero attached hydrogens (tertiary/aromatic N) is 4. The molecule has 0 bridgehead atoms. The molecular formula is C17H23N5O3. The van der Waals surface area contributed by atoms with Crippen LogP contribution in [0.2, 0.25) is 0 Å². The van der Waals surface area contributed by atoms with Gasteiger partial charge in [0, 0.05) is 43.7 Å². The number of rotatable bonds is 4. The number of likely N-dealkylation sites (tertiary alicyclic amines) is 1. The molecule has 3 heterocycles. The molecular weight excluding hydrogens is 322 g/mol. The zero-order chi connectivity index (χ0) is 18.0. The van der Waals surface area contributed by atoms with Crippen molar-refractivity contribution in [3.05, 3.63) is 39.2 Å². The molecule has 0 saturated carbocycles. The molecule has 25 heavy (non-hydrogen) atoms. The molecule has 2 aromatic heterocycles. The van der Waals surface area contributed by atoms with E-state index in [2.05, 4.69) is 20.1 Å². The van der Waals surface area contributed by atoms with E-state index in [1.54, 1.807) is 13.8 Å². The monoisotopic (exact) mass is 345 g/mol. The van der Waals surface area contributed by atoms with E-state index in [4.69, 9.17) is 4.52 Å².